The first-order valence-electron chi connectivity index (χ1n) is 3.94. The first-order chi connectivity index (χ1) is 5.18. The summed E-state index contributed by atoms with van der Waals surface area (Å²) in [5.74, 6) is 0.442. The molecule has 0 unspecified atom stereocenters. The Kier molecular flexibility index (Phi) is 2.63. The van der Waals surface area contributed by atoms with Crippen LogP contribution in [0.15, 0.2) is 5.16 Å². The highest BCUT2D eigenvalue weighted by Crippen LogP contribution is 2.11. The molecular weight excluding hydrogens is 142 g/mol. The Morgan fingerprint density at radius 3 is 2.82 bits per heavy atom. The molecule has 0 radical (unpaired) electrons. The van der Waals surface area contributed by atoms with Crippen LogP contribution in [0.25, 0.3) is 0 Å². The highest BCUT2D eigenvalue weighted by atomic mass is 16.7. The predicted molar refractivity (Wildman–Crippen MR) is 42.2 cm³/mol. The van der Waals surface area contributed by atoms with Crippen LogP contribution in [-0.4, -0.2) is 11.7 Å². The summed E-state index contributed by atoms with van der Waals surface area (Å²) < 4.78 is 0. The lowest BCUT2D eigenvalue weighted by Crippen LogP contribution is -2.00. The fourth-order valence-electron chi connectivity index (χ4n) is 0.936. The lowest BCUT2D eigenvalue weighted by Gasteiger charge is -2.00. The molecule has 1 aliphatic heterocycles. The molecule has 1 rings (SSSR count). The van der Waals surface area contributed by atoms with Crippen molar-refractivity contribution in [3.63, 3.8) is 0 Å². The van der Waals surface area contributed by atoms with Gasteiger partial charge in [0.25, 0.3) is 0 Å². The molecule has 0 amide bonds. The molecule has 0 aromatic carbocycles. The van der Waals surface area contributed by atoms with E-state index in [0.717, 1.165) is 18.6 Å². The lowest BCUT2D eigenvalue weighted by atomic mass is 10.0. The van der Waals surface area contributed by atoms with Crippen molar-refractivity contribution in [3.8, 4) is 0 Å². The van der Waals surface area contributed by atoms with Crippen LogP contribution in [0.1, 0.15) is 33.1 Å². The molecule has 0 saturated carbocycles. The van der Waals surface area contributed by atoms with Gasteiger partial charge in [0.05, 0.1) is 12.1 Å². The molecule has 1 heterocycles. The molecular formula is C8H13NO2. The summed E-state index contributed by atoms with van der Waals surface area (Å²) in [6.45, 7) is 4.30. The normalized spacial score (nSPS) is 17.0. The van der Waals surface area contributed by atoms with Gasteiger partial charge in [-0.25, -0.2) is 4.79 Å². The van der Waals surface area contributed by atoms with Gasteiger partial charge in [0.15, 0.2) is 0 Å². The standard InChI is InChI=1S/C8H13NO2/c1-6(2)3-4-7-5-8(10)11-9-7/h6H,3-5H2,1-2H3. The van der Waals surface area contributed by atoms with Gasteiger partial charge in [-0.3, -0.25) is 0 Å². The van der Waals surface area contributed by atoms with Gasteiger partial charge in [-0.2, -0.15) is 0 Å². The van der Waals surface area contributed by atoms with Crippen molar-refractivity contribution in [3.05, 3.63) is 0 Å². The van der Waals surface area contributed by atoms with E-state index in [1.54, 1.807) is 0 Å². The summed E-state index contributed by atoms with van der Waals surface area (Å²) >= 11 is 0. The Morgan fingerprint density at radius 2 is 2.36 bits per heavy atom. The molecule has 0 aromatic heterocycles. The SMILES string of the molecule is CC(C)CCC1=NOC(=O)C1. The maximum Gasteiger partial charge on any atom is 0.340 e. The number of hydrogen-bond acceptors (Lipinski definition) is 3. The molecule has 1 aliphatic rings. The molecule has 62 valence electrons. The minimum Gasteiger partial charge on any atom is -0.318 e. The molecule has 3 heteroatoms. The molecule has 0 aliphatic carbocycles. The van der Waals surface area contributed by atoms with Gasteiger partial charge in [0.1, 0.15) is 0 Å². The van der Waals surface area contributed by atoms with Gasteiger partial charge in [-0.15, -0.1) is 0 Å². The van der Waals surface area contributed by atoms with Crippen LogP contribution in [0.3, 0.4) is 0 Å². The first-order valence-corrected chi connectivity index (χ1v) is 3.94. The average Bonchev–Trinajstić information content (AvgIpc) is 2.31. The number of carbonyl (C=O) groups is 1. The van der Waals surface area contributed by atoms with Gasteiger partial charge in [0, 0.05) is 0 Å². The van der Waals surface area contributed by atoms with Gasteiger partial charge in [-0.1, -0.05) is 19.0 Å². The van der Waals surface area contributed by atoms with E-state index in [-0.39, 0.29) is 5.97 Å². The Labute approximate surface area is 66.4 Å². The topological polar surface area (TPSA) is 38.7 Å². The van der Waals surface area contributed by atoms with Crippen molar-refractivity contribution in [2.45, 2.75) is 33.1 Å². The van der Waals surface area contributed by atoms with Crippen LogP contribution >= 0.6 is 0 Å². The summed E-state index contributed by atoms with van der Waals surface area (Å²) in [6.07, 6.45) is 2.37. The Balaban J connectivity index is 2.23. The van der Waals surface area contributed by atoms with Crippen LogP contribution in [0.5, 0.6) is 0 Å². The van der Waals surface area contributed by atoms with E-state index >= 15 is 0 Å². The van der Waals surface area contributed by atoms with Crippen LogP contribution in [0.2, 0.25) is 0 Å². The van der Waals surface area contributed by atoms with E-state index in [2.05, 4.69) is 23.8 Å². The quantitative estimate of drug-likeness (QED) is 0.582. The van der Waals surface area contributed by atoms with E-state index in [0.29, 0.717) is 12.3 Å². The highest BCUT2D eigenvalue weighted by molar-refractivity contribution is 6.01. The van der Waals surface area contributed by atoms with Gasteiger partial charge >= 0.3 is 5.97 Å². The first kappa shape index (κ1) is 8.24. The zero-order chi connectivity index (χ0) is 8.27. The third kappa shape index (κ3) is 2.70. The monoisotopic (exact) mass is 155 g/mol. The molecule has 0 saturated heterocycles. The molecule has 0 N–H and O–H groups in total. The smallest absolute Gasteiger partial charge is 0.318 e. The van der Waals surface area contributed by atoms with E-state index in [1.165, 1.54) is 0 Å². The molecule has 0 bridgehead atoms. The fourth-order valence-corrected chi connectivity index (χ4v) is 0.936. The second kappa shape index (κ2) is 3.51. The van der Waals surface area contributed by atoms with Crippen molar-refractivity contribution in [1.29, 1.82) is 0 Å². The van der Waals surface area contributed by atoms with Gasteiger partial charge in [0.2, 0.25) is 0 Å². The van der Waals surface area contributed by atoms with E-state index < -0.39 is 0 Å². The second-order valence-electron chi connectivity index (χ2n) is 3.23. The number of rotatable bonds is 3. The van der Waals surface area contributed by atoms with Gasteiger partial charge in [-0.05, 0) is 18.8 Å². The largest absolute Gasteiger partial charge is 0.340 e. The van der Waals surface area contributed by atoms with Crippen LogP contribution < -0.4 is 0 Å². The zero-order valence-electron chi connectivity index (χ0n) is 6.96. The second-order valence-corrected chi connectivity index (χ2v) is 3.23. The van der Waals surface area contributed by atoms with Gasteiger partial charge < -0.3 is 4.84 Å². The number of oxime groups is 1. The maximum atomic E-state index is 10.6. The number of hydrogen-bond donors (Lipinski definition) is 0. The molecule has 0 atom stereocenters. The van der Waals surface area contributed by atoms with E-state index in [1.807, 2.05) is 0 Å². The lowest BCUT2D eigenvalue weighted by molar-refractivity contribution is -0.140. The van der Waals surface area contributed by atoms with Crippen LogP contribution in [-0.2, 0) is 9.63 Å². The van der Waals surface area contributed by atoms with Crippen molar-refractivity contribution < 1.29 is 9.63 Å². The summed E-state index contributed by atoms with van der Waals surface area (Å²) in [6, 6.07) is 0. The average molecular weight is 155 g/mol. The summed E-state index contributed by atoms with van der Waals surface area (Å²) in [4.78, 5) is 15.0. The molecule has 0 spiro atoms. The van der Waals surface area contributed by atoms with Crippen LogP contribution in [0, 0.1) is 5.92 Å². The molecule has 11 heavy (non-hydrogen) atoms. The summed E-state index contributed by atoms with van der Waals surface area (Å²) in [5.41, 5.74) is 0.892. The van der Waals surface area contributed by atoms with E-state index in [9.17, 15) is 4.79 Å². The van der Waals surface area contributed by atoms with E-state index in [4.69, 9.17) is 0 Å². The van der Waals surface area contributed by atoms with Crippen molar-refractivity contribution in [2.24, 2.45) is 11.1 Å². The minimum absolute atomic E-state index is 0.219. The predicted octanol–water partition coefficient (Wildman–Crippen LogP) is 1.73. The third-order valence-corrected chi connectivity index (χ3v) is 1.64. The van der Waals surface area contributed by atoms with Crippen molar-refractivity contribution in [2.75, 3.05) is 0 Å². The number of carbonyl (C=O) groups excluding carboxylic acids is 1. The van der Waals surface area contributed by atoms with Crippen molar-refractivity contribution in [1.82, 2.24) is 0 Å². The fraction of sp³-hybridized carbons (Fsp3) is 0.750. The zero-order valence-corrected chi connectivity index (χ0v) is 6.96. The Hall–Kier alpha value is -0.860. The van der Waals surface area contributed by atoms with Crippen LogP contribution in [0.4, 0.5) is 0 Å². The maximum absolute atomic E-state index is 10.6. The Bertz CT molecular complexity index is 185. The Morgan fingerprint density at radius 1 is 1.64 bits per heavy atom. The minimum atomic E-state index is -0.219. The number of nitrogens with zero attached hydrogens (tertiary/aromatic N) is 1. The molecule has 3 nitrogen and oxygen atoms in total. The molecule has 0 fully saturated rings. The highest BCUT2D eigenvalue weighted by Gasteiger charge is 2.16. The summed E-state index contributed by atoms with van der Waals surface area (Å²) in [7, 11) is 0. The molecule has 0 aromatic rings. The third-order valence-electron chi connectivity index (χ3n) is 1.64. The van der Waals surface area contributed by atoms with Crippen molar-refractivity contribution >= 4 is 11.7 Å². The summed E-state index contributed by atoms with van der Waals surface area (Å²) in [5, 5.41) is 3.66.